The maximum Gasteiger partial charge on any atom is 0.0751 e. The lowest BCUT2D eigenvalue weighted by molar-refractivity contribution is -0.0188. The van der Waals surface area contributed by atoms with Crippen LogP contribution in [0.4, 0.5) is 0 Å². The van der Waals surface area contributed by atoms with E-state index in [0.717, 1.165) is 18.4 Å². The van der Waals surface area contributed by atoms with Crippen molar-refractivity contribution in [1.82, 2.24) is 9.78 Å². The topological polar surface area (TPSA) is 53.1 Å². The first-order valence-electron chi connectivity index (χ1n) is 4.59. The van der Waals surface area contributed by atoms with Gasteiger partial charge >= 0.3 is 0 Å². The number of hydrogen-bond donors (Lipinski definition) is 1. The highest BCUT2D eigenvalue weighted by Crippen LogP contribution is 2.22. The third kappa shape index (κ3) is 2.08. The summed E-state index contributed by atoms with van der Waals surface area (Å²) in [6.07, 6.45) is 6.17. The van der Waals surface area contributed by atoms with E-state index in [1.165, 1.54) is 0 Å². The summed E-state index contributed by atoms with van der Waals surface area (Å²) in [6, 6.07) is 0.360. The Kier molecular flexibility index (Phi) is 2.33. The van der Waals surface area contributed by atoms with E-state index in [-0.39, 0.29) is 0 Å². The minimum absolute atomic E-state index is 0.360. The summed E-state index contributed by atoms with van der Waals surface area (Å²) in [7, 11) is 1.91. The van der Waals surface area contributed by atoms with Gasteiger partial charge in [-0.25, -0.2) is 0 Å². The van der Waals surface area contributed by atoms with Crippen LogP contribution in [0.2, 0.25) is 0 Å². The molecule has 1 fully saturated rings. The fraction of sp³-hybridized carbons (Fsp3) is 0.667. The average Bonchev–Trinajstić information content (AvgIpc) is 2.43. The molecule has 0 bridgehead atoms. The summed E-state index contributed by atoms with van der Waals surface area (Å²) in [5, 5.41) is 4.07. The number of rotatable bonds is 3. The van der Waals surface area contributed by atoms with Crippen LogP contribution in [0.15, 0.2) is 12.4 Å². The van der Waals surface area contributed by atoms with Crippen molar-refractivity contribution in [2.75, 3.05) is 0 Å². The van der Waals surface area contributed by atoms with Crippen LogP contribution in [0.3, 0.4) is 0 Å². The van der Waals surface area contributed by atoms with Crippen molar-refractivity contribution in [3.63, 3.8) is 0 Å². The predicted molar refractivity (Wildman–Crippen MR) is 49.0 cm³/mol. The molecule has 1 aromatic rings. The van der Waals surface area contributed by atoms with Crippen molar-refractivity contribution in [3.8, 4) is 0 Å². The summed E-state index contributed by atoms with van der Waals surface area (Å²) in [5.74, 6) is 0. The molecule has 0 unspecified atom stereocenters. The van der Waals surface area contributed by atoms with Gasteiger partial charge in [0.05, 0.1) is 18.9 Å². The Balaban J connectivity index is 1.74. The number of aromatic nitrogens is 2. The van der Waals surface area contributed by atoms with E-state index in [1.54, 1.807) is 4.68 Å². The van der Waals surface area contributed by atoms with Gasteiger partial charge in [-0.15, -0.1) is 0 Å². The third-order valence-electron chi connectivity index (χ3n) is 2.38. The SMILES string of the molecule is Cn1cc(COC2CC(N)C2)cn1. The normalized spacial score (nSPS) is 27.2. The summed E-state index contributed by atoms with van der Waals surface area (Å²) in [6.45, 7) is 0.658. The Bertz CT molecular complexity index is 278. The molecule has 0 aliphatic heterocycles. The second kappa shape index (κ2) is 3.47. The first-order valence-corrected chi connectivity index (χ1v) is 4.59. The zero-order valence-electron chi connectivity index (χ0n) is 7.81. The van der Waals surface area contributed by atoms with Gasteiger partial charge in [0.2, 0.25) is 0 Å². The molecular formula is C9H15N3O. The Morgan fingerprint density at radius 3 is 3.00 bits per heavy atom. The third-order valence-corrected chi connectivity index (χ3v) is 2.38. The van der Waals surface area contributed by atoms with Crippen molar-refractivity contribution >= 4 is 0 Å². The van der Waals surface area contributed by atoms with Crippen LogP contribution in [0.1, 0.15) is 18.4 Å². The number of nitrogens with two attached hydrogens (primary N) is 1. The molecule has 72 valence electrons. The molecule has 1 aliphatic carbocycles. The number of hydrogen-bond acceptors (Lipinski definition) is 3. The van der Waals surface area contributed by atoms with Crippen LogP contribution >= 0.6 is 0 Å². The van der Waals surface area contributed by atoms with E-state index in [1.807, 2.05) is 19.4 Å². The van der Waals surface area contributed by atoms with Crippen LogP contribution in [-0.4, -0.2) is 21.9 Å². The van der Waals surface area contributed by atoms with Crippen LogP contribution in [0.5, 0.6) is 0 Å². The van der Waals surface area contributed by atoms with E-state index in [2.05, 4.69) is 5.10 Å². The molecule has 4 heteroatoms. The van der Waals surface area contributed by atoms with Gasteiger partial charge < -0.3 is 10.5 Å². The molecule has 0 radical (unpaired) electrons. The molecule has 13 heavy (non-hydrogen) atoms. The summed E-state index contributed by atoms with van der Waals surface area (Å²) in [4.78, 5) is 0. The average molecular weight is 181 g/mol. The van der Waals surface area contributed by atoms with Crippen LogP contribution in [-0.2, 0) is 18.4 Å². The first-order chi connectivity index (χ1) is 6.24. The van der Waals surface area contributed by atoms with Crippen molar-refractivity contribution < 1.29 is 4.74 Å². The number of ether oxygens (including phenoxy) is 1. The maximum absolute atomic E-state index is 5.65. The number of nitrogens with zero attached hydrogens (tertiary/aromatic N) is 2. The van der Waals surface area contributed by atoms with Crippen molar-refractivity contribution in [2.45, 2.75) is 31.6 Å². The van der Waals surface area contributed by atoms with Gasteiger partial charge in [0, 0.05) is 24.8 Å². The summed E-state index contributed by atoms with van der Waals surface area (Å²) in [5.41, 5.74) is 6.77. The fourth-order valence-electron chi connectivity index (χ4n) is 1.50. The number of aryl methyl sites for hydroxylation is 1. The molecule has 2 rings (SSSR count). The zero-order chi connectivity index (χ0) is 9.26. The van der Waals surface area contributed by atoms with Crippen LogP contribution in [0, 0.1) is 0 Å². The summed E-state index contributed by atoms with van der Waals surface area (Å²) < 4.78 is 7.40. The van der Waals surface area contributed by atoms with E-state index >= 15 is 0 Å². The van der Waals surface area contributed by atoms with Gasteiger partial charge in [-0.3, -0.25) is 4.68 Å². The molecule has 1 saturated carbocycles. The molecule has 0 spiro atoms. The molecule has 0 atom stereocenters. The Hall–Kier alpha value is -0.870. The van der Waals surface area contributed by atoms with E-state index < -0.39 is 0 Å². The Morgan fingerprint density at radius 1 is 1.69 bits per heavy atom. The highest BCUT2D eigenvalue weighted by molar-refractivity contribution is 5.01. The van der Waals surface area contributed by atoms with Crippen molar-refractivity contribution in [1.29, 1.82) is 0 Å². The van der Waals surface area contributed by atoms with Gasteiger partial charge in [0.1, 0.15) is 0 Å². The fourth-order valence-corrected chi connectivity index (χ4v) is 1.50. The minimum Gasteiger partial charge on any atom is -0.373 e. The second-order valence-electron chi connectivity index (χ2n) is 3.69. The smallest absolute Gasteiger partial charge is 0.0751 e. The molecule has 4 nitrogen and oxygen atoms in total. The lowest BCUT2D eigenvalue weighted by atomic mass is 9.90. The first kappa shape index (κ1) is 8.72. The molecule has 0 saturated heterocycles. The molecule has 1 heterocycles. The van der Waals surface area contributed by atoms with Crippen molar-refractivity contribution in [3.05, 3.63) is 18.0 Å². The van der Waals surface area contributed by atoms with Gasteiger partial charge in [-0.1, -0.05) is 0 Å². The van der Waals surface area contributed by atoms with Crippen LogP contribution in [0.25, 0.3) is 0 Å². The quantitative estimate of drug-likeness (QED) is 0.735. The molecule has 0 aromatic carbocycles. The molecule has 1 aromatic heterocycles. The van der Waals surface area contributed by atoms with Gasteiger partial charge in [0.15, 0.2) is 0 Å². The Labute approximate surface area is 77.7 Å². The van der Waals surface area contributed by atoms with Crippen LogP contribution < -0.4 is 5.73 Å². The lowest BCUT2D eigenvalue weighted by Crippen LogP contribution is -2.41. The van der Waals surface area contributed by atoms with Crippen molar-refractivity contribution in [2.24, 2.45) is 12.8 Å². The lowest BCUT2D eigenvalue weighted by Gasteiger charge is -2.31. The standard InChI is InChI=1S/C9H15N3O/c1-12-5-7(4-11-12)6-13-9-2-8(10)3-9/h4-5,8-9H,2-3,6,10H2,1H3. The second-order valence-corrected chi connectivity index (χ2v) is 3.69. The maximum atomic E-state index is 5.65. The minimum atomic E-state index is 0.360. The van der Waals surface area contributed by atoms with E-state index in [0.29, 0.717) is 18.8 Å². The monoisotopic (exact) mass is 181 g/mol. The highest BCUT2D eigenvalue weighted by atomic mass is 16.5. The predicted octanol–water partition coefficient (Wildman–Crippen LogP) is 0.426. The van der Waals surface area contributed by atoms with Gasteiger partial charge in [-0.2, -0.15) is 5.10 Å². The van der Waals surface area contributed by atoms with E-state index in [4.69, 9.17) is 10.5 Å². The Morgan fingerprint density at radius 2 is 2.46 bits per heavy atom. The molecular weight excluding hydrogens is 166 g/mol. The van der Waals surface area contributed by atoms with Gasteiger partial charge in [-0.05, 0) is 12.8 Å². The largest absolute Gasteiger partial charge is 0.373 e. The van der Waals surface area contributed by atoms with E-state index in [9.17, 15) is 0 Å². The van der Waals surface area contributed by atoms with Gasteiger partial charge in [0.25, 0.3) is 0 Å². The molecule has 1 aliphatic rings. The molecule has 2 N–H and O–H groups in total. The summed E-state index contributed by atoms with van der Waals surface area (Å²) >= 11 is 0. The zero-order valence-corrected chi connectivity index (χ0v) is 7.81. The highest BCUT2D eigenvalue weighted by Gasteiger charge is 2.26. The molecule has 0 amide bonds.